The largest absolute Gasteiger partial charge is 0.356 e. The van der Waals surface area contributed by atoms with Crippen molar-refractivity contribution in [2.45, 2.75) is 20.3 Å². The van der Waals surface area contributed by atoms with Gasteiger partial charge in [-0.15, -0.1) is 0 Å². The van der Waals surface area contributed by atoms with Crippen molar-refractivity contribution in [1.29, 1.82) is 0 Å². The fourth-order valence-corrected chi connectivity index (χ4v) is 2.89. The Bertz CT molecular complexity index is 903. The molecule has 0 atom stereocenters. The molecular formula is C18H17BFN3O. The minimum absolute atomic E-state index is 0.254. The molecule has 0 saturated carbocycles. The van der Waals surface area contributed by atoms with Gasteiger partial charge in [-0.1, -0.05) is 17.6 Å². The van der Waals surface area contributed by atoms with Gasteiger partial charge in [0, 0.05) is 23.8 Å². The Hall–Kier alpha value is -2.63. The predicted molar refractivity (Wildman–Crippen MR) is 93.4 cm³/mol. The van der Waals surface area contributed by atoms with Crippen LogP contribution in [0.1, 0.15) is 27.3 Å². The summed E-state index contributed by atoms with van der Waals surface area (Å²) >= 11 is 0. The second kappa shape index (κ2) is 6.47. The van der Waals surface area contributed by atoms with Gasteiger partial charge in [0.15, 0.2) is 0 Å². The maximum Gasteiger partial charge on any atom is 0.269 e. The predicted octanol–water partition coefficient (Wildman–Crippen LogP) is 2.09. The second-order valence-electron chi connectivity index (χ2n) is 5.83. The van der Waals surface area contributed by atoms with E-state index in [1.807, 2.05) is 13.8 Å². The Kier molecular flexibility index (Phi) is 4.38. The van der Waals surface area contributed by atoms with Gasteiger partial charge in [0.25, 0.3) is 5.91 Å². The van der Waals surface area contributed by atoms with E-state index in [0.29, 0.717) is 29.6 Å². The topological polar surface area (TPSA) is 57.8 Å². The van der Waals surface area contributed by atoms with E-state index in [1.165, 1.54) is 12.3 Å². The molecule has 0 saturated heterocycles. The van der Waals surface area contributed by atoms with Crippen LogP contribution in [0.15, 0.2) is 30.5 Å². The normalized spacial score (nSPS) is 11.0. The smallest absolute Gasteiger partial charge is 0.269 e. The zero-order chi connectivity index (χ0) is 17.3. The van der Waals surface area contributed by atoms with Crippen LogP contribution in [0.4, 0.5) is 4.39 Å². The lowest BCUT2D eigenvalue weighted by molar-refractivity contribution is 0.0949. The Balaban J connectivity index is 1.74. The fraction of sp³-hybridized carbons (Fsp3) is 0.222. The van der Waals surface area contributed by atoms with Crippen molar-refractivity contribution in [3.63, 3.8) is 0 Å². The summed E-state index contributed by atoms with van der Waals surface area (Å²) in [5.74, 6) is -0.518. The summed E-state index contributed by atoms with van der Waals surface area (Å²) in [7, 11) is 5.56. The summed E-state index contributed by atoms with van der Waals surface area (Å²) in [6.07, 6.45) is 2.06. The van der Waals surface area contributed by atoms with Gasteiger partial charge in [0.2, 0.25) is 0 Å². The number of aromatic nitrogens is 2. The third-order valence-corrected chi connectivity index (χ3v) is 4.11. The maximum absolute atomic E-state index is 13.9. The van der Waals surface area contributed by atoms with Crippen molar-refractivity contribution < 1.29 is 9.18 Å². The molecule has 0 bridgehead atoms. The Morgan fingerprint density at radius 2 is 2.08 bits per heavy atom. The van der Waals surface area contributed by atoms with E-state index < -0.39 is 0 Å². The quantitative estimate of drug-likeness (QED) is 0.723. The number of nitrogens with zero attached hydrogens (tertiary/aromatic N) is 1. The van der Waals surface area contributed by atoms with Crippen LogP contribution < -0.4 is 10.8 Å². The molecule has 2 radical (unpaired) electrons. The first-order valence-corrected chi connectivity index (χ1v) is 7.73. The first-order chi connectivity index (χ1) is 11.5. The molecule has 0 fully saturated rings. The molecule has 3 rings (SSSR count). The zero-order valence-electron chi connectivity index (χ0n) is 13.6. The molecule has 0 aliphatic heterocycles. The standard InChI is InChI=1S/C18H17BFN3O/c1-10-3-5-14(20)17-16(10)13(11(2)23-17)7-8-21-18(24)15-6-4-12(19)9-22-15/h3-6,9,23H,7-8H2,1-2H3,(H,21,24). The summed E-state index contributed by atoms with van der Waals surface area (Å²) in [6.45, 7) is 4.31. The highest BCUT2D eigenvalue weighted by Crippen LogP contribution is 2.27. The Morgan fingerprint density at radius 1 is 1.29 bits per heavy atom. The average molecular weight is 321 g/mol. The van der Waals surface area contributed by atoms with Gasteiger partial charge < -0.3 is 10.3 Å². The number of halogens is 1. The van der Waals surface area contributed by atoms with Crippen LogP contribution >= 0.6 is 0 Å². The van der Waals surface area contributed by atoms with Gasteiger partial charge in [-0.25, -0.2) is 4.39 Å². The first kappa shape index (κ1) is 16.2. The molecule has 3 aromatic rings. The van der Waals surface area contributed by atoms with Crippen molar-refractivity contribution in [2.75, 3.05) is 6.54 Å². The highest BCUT2D eigenvalue weighted by molar-refractivity contribution is 6.32. The van der Waals surface area contributed by atoms with Gasteiger partial charge in [0.05, 0.1) is 5.52 Å². The number of pyridine rings is 1. The van der Waals surface area contributed by atoms with E-state index in [1.54, 1.807) is 18.2 Å². The van der Waals surface area contributed by atoms with Crippen LogP contribution in [0.5, 0.6) is 0 Å². The number of aryl methyl sites for hydroxylation is 2. The van der Waals surface area contributed by atoms with Gasteiger partial charge >= 0.3 is 0 Å². The molecule has 24 heavy (non-hydrogen) atoms. The number of aromatic amines is 1. The van der Waals surface area contributed by atoms with Gasteiger partial charge in [-0.05, 0) is 43.5 Å². The molecule has 1 aromatic carbocycles. The van der Waals surface area contributed by atoms with Crippen LogP contribution in [0.2, 0.25) is 0 Å². The second-order valence-corrected chi connectivity index (χ2v) is 5.83. The van der Waals surface area contributed by atoms with Crippen molar-refractivity contribution in [2.24, 2.45) is 0 Å². The number of rotatable bonds is 4. The molecule has 1 amide bonds. The van der Waals surface area contributed by atoms with E-state index >= 15 is 0 Å². The number of carbonyl (C=O) groups excluding carboxylic acids is 1. The van der Waals surface area contributed by atoms with E-state index in [0.717, 1.165) is 22.2 Å². The number of hydrogen-bond acceptors (Lipinski definition) is 2. The Labute approximate surface area is 140 Å². The zero-order valence-corrected chi connectivity index (χ0v) is 13.6. The highest BCUT2D eigenvalue weighted by atomic mass is 19.1. The monoisotopic (exact) mass is 321 g/mol. The first-order valence-electron chi connectivity index (χ1n) is 7.73. The molecule has 6 heteroatoms. The van der Waals surface area contributed by atoms with E-state index in [2.05, 4.69) is 15.3 Å². The highest BCUT2D eigenvalue weighted by Gasteiger charge is 2.14. The van der Waals surface area contributed by atoms with E-state index in [9.17, 15) is 9.18 Å². The molecule has 0 unspecified atom stereocenters. The fourth-order valence-electron chi connectivity index (χ4n) is 2.89. The summed E-state index contributed by atoms with van der Waals surface area (Å²) in [6, 6.07) is 6.45. The maximum atomic E-state index is 13.9. The number of benzene rings is 1. The number of H-pyrrole nitrogens is 1. The lowest BCUT2D eigenvalue weighted by Gasteiger charge is -2.07. The molecule has 4 nitrogen and oxygen atoms in total. The molecule has 2 heterocycles. The number of fused-ring (bicyclic) bond motifs is 1. The number of amides is 1. The molecule has 0 spiro atoms. The van der Waals surface area contributed by atoms with Crippen LogP contribution in [0, 0.1) is 19.7 Å². The lowest BCUT2D eigenvalue weighted by atomic mass is 9.99. The van der Waals surface area contributed by atoms with Crippen LogP contribution in [0.25, 0.3) is 10.9 Å². The Morgan fingerprint density at radius 3 is 2.79 bits per heavy atom. The minimum Gasteiger partial charge on any atom is -0.356 e. The number of hydrogen-bond donors (Lipinski definition) is 2. The van der Waals surface area contributed by atoms with Crippen molar-refractivity contribution >= 4 is 30.1 Å². The third kappa shape index (κ3) is 3.04. The minimum atomic E-state index is -0.264. The molecule has 2 N–H and O–H groups in total. The number of carbonyl (C=O) groups is 1. The van der Waals surface area contributed by atoms with Crippen molar-refractivity contribution in [1.82, 2.24) is 15.3 Å². The van der Waals surface area contributed by atoms with Crippen molar-refractivity contribution in [3.8, 4) is 0 Å². The summed E-state index contributed by atoms with van der Waals surface area (Å²) in [5, 5.41) is 3.73. The van der Waals surface area contributed by atoms with Gasteiger partial charge in [0.1, 0.15) is 19.4 Å². The summed E-state index contributed by atoms with van der Waals surface area (Å²) < 4.78 is 13.9. The van der Waals surface area contributed by atoms with Crippen LogP contribution in [-0.2, 0) is 6.42 Å². The lowest BCUT2D eigenvalue weighted by Crippen LogP contribution is -2.27. The van der Waals surface area contributed by atoms with Gasteiger partial charge in [-0.3, -0.25) is 9.78 Å². The summed E-state index contributed by atoms with van der Waals surface area (Å²) in [5.41, 5.74) is 4.30. The molecule has 120 valence electrons. The molecular weight excluding hydrogens is 304 g/mol. The molecule has 0 aliphatic carbocycles. The third-order valence-electron chi connectivity index (χ3n) is 4.11. The summed E-state index contributed by atoms with van der Waals surface area (Å²) in [4.78, 5) is 19.2. The van der Waals surface area contributed by atoms with E-state index in [-0.39, 0.29) is 11.7 Å². The van der Waals surface area contributed by atoms with Gasteiger partial charge in [-0.2, -0.15) is 0 Å². The van der Waals surface area contributed by atoms with Crippen molar-refractivity contribution in [3.05, 3.63) is 58.8 Å². The number of nitrogens with one attached hydrogen (secondary N) is 2. The van der Waals surface area contributed by atoms with Crippen LogP contribution in [0.3, 0.4) is 0 Å². The molecule has 2 aromatic heterocycles. The SMILES string of the molecule is [B]c1ccc(C(=O)NCCc2c(C)[nH]c3c(F)ccc(C)c23)nc1. The van der Waals surface area contributed by atoms with Crippen LogP contribution in [-0.4, -0.2) is 30.3 Å². The average Bonchev–Trinajstić information content (AvgIpc) is 2.90. The molecule has 0 aliphatic rings. The van der Waals surface area contributed by atoms with E-state index in [4.69, 9.17) is 7.85 Å².